The number of carbonyl (C=O) groups is 1. The minimum Gasteiger partial charge on any atom is -0.352 e. The SMILES string of the molecule is Cc1ccc(C(=O)NCC2CCC(N)C2)cc1C. The van der Waals surface area contributed by atoms with E-state index < -0.39 is 0 Å². The van der Waals surface area contributed by atoms with Crippen molar-refractivity contribution in [1.29, 1.82) is 0 Å². The van der Waals surface area contributed by atoms with Crippen LogP contribution in [-0.4, -0.2) is 18.5 Å². The Hall–Kier alpha value is -1.35. The van der Waals surface area contributed by atoms with Crippen molar-refractivity contribution >= 4 is 5.91 Å². The van der Waals surface area contributed by atoms with Crippen molar-refractivity contribution in [1.82, 2.24) is 5.32 Å². The van der Waals surface area contributed by atoms with Crippen LogP contribution in [0.5, 0.6) is 0 Å². The summed E-state index contributed by atoms with van der Waals surface area (Å²) in [4.78, 5) is 12.0. The van der Waals surface area contributed by atoms with Crippen LogP contribution in [0.25, 0.3) is 0 Å². The third kappa shape index (κ3) is 3.10. The first-order chi connectivity index (χ1) is 8.56. The van der Waals surface area contributed by atoms with E-state index in [0.29, 0.717) is 12.0 Å². The van der Waals surface area contributed by atoms with E-state index in [4.69, 9.17) is 5.73 Å². The quantitative estimate of drug-likeness (QED) is 0.858. The molecule has 98 valence electrons. The van der Waals surface area contributed by atoms with Crippen molar-refractivity contribution in [3.05, 3.63) is 34.9 Å². The summed E-state index contributed by atoms with van der Waals surface area (Å²) in [7, 11) is 0. The largest absolute Gasteiger partial charge is 0.352 e. The zero-order valence-electron chi connectivity index (χ0n) is 11.2. The van der Waals surface area contributed by atoms with E-state index in [9.17, 15) is 4.79 Å². The fourth-order valence-electron chi connectivity index (χ4n) is 2.52. The summed E-state index contributed by atoms with van der Waals surface area (Å²) in [5.74, 6) is 0.578. The molecule has 0 bridgehead atoms. The Morgan fingerprint density at radius 2 is 2.11 bits per heavy atom. The normalized spacial score (nSPS) is 23.1. The molecule has 1 saturated carbocycles. The highest BCUT2D eigenvalue weighted by Crippen LogP contribution is 2.23. The third-order valence-corrected chi connectivity index (χ3v) is 3.90. The predicted octanol–water partition coefficient (Wildman–Crippen LogP) is 2.16. The lowest BCUT2D eigenvalue weighted by atomic mass is 10.1. The molecule has 1 amide bonds. The van der Waals surface area contributed by atoms with Crippen LogP contribution in [0.1, 0.15) is 40.7 Å². The molecular formula is C15H22N2O. The minimum atomic E-state index is 0.0265. The number of rotatable bonds is 3. The second-order valence-corrected chi connectivity index (χ2v) is 5.45. The smallest absolute Gasteiger partial charge is 0.251 e. The van der Waals surface area contributed by atoms with Gasteiger partial charge in [-0.3, -0.25) is 4.79 Å². The van der Waals surface area contributed by atoms with Crippen LogP contribution in [0, 0.1) is 19.8 Å². The lowest BCUT2D eigenvalue weighted by molar-refractivity contribution is 0.0947. The Labute approximate surface area is 109 Å². The van der Waals surface area contributed by atoms with Crippen LogP contribution < -0.4 is 11.1 Å². The fraction of sp³-hybridized carbons (Fsp3) is 0.533. The van der Waals surface area contributed by atoms with Gasteiger partial charge in [-0.1, -0.05) is 6.07 Å². The molecule has 1 aliphatic carbocycles. The molecule has 0 heterocycles. The van der Waals surface area contributed by atoms with Crippen LogP contribution in [-0.2, 0) is 0 Å². The Morgan fingerprint density at radius 1 is 1.33 bits per heavy atom. The van der Waals surface area contributed by atoms with E-state index in [2.05, 4.69) is 12.2 Å². The van der Waals surface area contributed by atoms with Crippen LogP contribution in [0.4, 0.5) is 0 Å². The molecule has 0 aromatic heterocycles. The molecule has 3 N–H and O–H groups in total. The number of nitrogens with two attached hydrogens (primary N) is 1. The van der Waals surface area contributed by atoms with Gasteiger partial charge >= 0.3 is 0 Å². The molecule has 1 aliphatic rings. The fourth-order valence-corrected chi connectivity index (χ4v) is 2.52. The predicted molar refractivity (Wildman–Crippen MR) is 73.6 cm³/mol. The van der Waals surface area contributed by atoms with Crippen molar-refractivity contribution in [2.45, 2.75) is 39.2 Å². The first-order valence-electron chi connectivity index (χ1n) is 6.67. The maximum Gasteiger partial charge on any atom is 0.251 e. The summed E-state index contributed by atoms with van der Waals surface area (Å²) in [5, 5.41) is 3.01. The van der Waals surface area contributed by atoms with Crippen molar-refractivity contribution < 1.29 is 4.79 Å². The van der Waals surface area contributed by atoms with Crippen LogP contribution in [0.15, 0.2) is 18.2 Å². The zero-order valence-corrected chi connectivity index (χ0v) is 11.2. The molecule has 1 aromatic rings. The molecule has 3 heteroatoms. The molecule has 0 saturated heterocycles. The van der Waals surface area contributed by atoms with E-state index in [1.807, 2.05) is 25.1 Å². The van der Waals surface area contributed by atoms with Gasteiger partial charge in [-0.15, -0.1) is 0 Å². The number of nitrogens with one attached hydrogen (secondary N) is 1. The van der Waals surface area contributed by atoms with E-state index in [1.165, 1.54) is 5.56 Å². The monoisotopic (exact) mass is 246 g/mol. The molecule has 2 atom stereocenters. The molecule has 2 unspecified atom stereocenters. The lowest BCUT2D eigenvalue weighted by Crippen LogP contribution is -2.29. The molecule has 0 aliphatic heterocycles. The van der Waals surface area contributed by atoms with Gasteiger partial charge in [0.05, 0.1) is 0 Å². The maximum absolute atomic E-state index is 12.0. The Morgan fingerprint density at radius 3 is 2.72 bits per heavy atom. The van der Waals surface area contributed by atoms with Crippen LogP contribution in [0.3, 0.4) is 0 Å². The first kappa shape index (κ1) is 13.1. The molecular weight excluding hydrogens is 224 g/mol. The summed E-state index contributed by atoms with van der Waals surface area (Å²) >= 11 is 0. The lowest BCUT2D eigenvalue weighted by Gasteiger charge is -2.11. The highest BCUT2D eigenvalue weighted by atomic mass is 16.1. The Balaban J connectivity index is 1.89. The van der Waals surface area contributed by atoms with E-state index >= 15 is 0 Å². The molecule has 2 rings (SSSR count). The van der Waals surface area contributed by atoms with Crippen LogP contribution in [0.2, 0.25) is 0 Å². The van der Waals surface area contributed by atoms with Gasteiger partial charge in [-0.2, -0.15) is 0 Å². The van der Waals surface area contributed by atoms with Gasteiger partial charge in [0.15, 0.2) is 0 Å². The average Bonchev–Trinajstić information content (AvgIpc) is 2.75. The molecule has 0 spiro atoms. The summed E-state index contributed by atoms with van der Waals surface area (Å²) in [6, 6.07) is 6.16. The van der Waals surface area contributed by atoms with Gasteiger partial charge in [-0.05, 0) is 62.3 Å². The molecule has 3 nitrogen and oxygen atoms in total. The standard InChI is InChI=1S/C15H22N2O/c1-10-3-5-13(7-11(10)2)15(18)17-9-12-4-6-14(16)8-12/h3,5,7,12,14H,4,6,8-9,16H2,1-2H3,(H,17,18). The van der Waals surface area contributed by atoms with Gasteiger partial charge in [0.25, 0.3) is 5.91 Å². The van der Waals surface area contributed by atoms with Gasteiger partial charge in [0.2, 0.25) is 0 Å². The molecule has 0 radical (unpaired) electrons. The topological polar surface area (TPSA) is 55.1 Å². The second-order valence-electron chi connectivity index (χ2n) is 5.45. The molecule has 18 heavy (non-hydrogen) atoms. The third-order valence-electron chi connectivity index (χ3n) is 3.90. The van der Waals surface area contributed by atoms with Gasteiger partial charge in [0, 0.05) is 18.2 Å². The van der Waals surface area contributed by atoms with E-state index in [1.54, 1.807) is 0 Å². The summed E-state index contributed by atoms with van der Waals surface area (Å²) in [6.45, 7) is 4.83. The number of carbonyl (C=O) groups excluding carboxylic acids is 1. The van der Waals surface area contributed by atoms with E-state index in [-0.39, 0.29) is 5.91 Å². The average molecular weight is 246 g/mol. The Bertz CT molecular complexity index is 442. The Kier molecular flexibility index (Phi) is 4.02. The first-order valence-corrected chi connectivity index (χ1v) is 6.67. The number of hydrogen-bond donors (Lipinski definition) is 2. The second kappa shape index (κ2) is 5.53. The number of aryl methyl sites for hydroxylation is 2. The van der Waals surface area contributed by atoms with E-state index in [0.717, 1.165) is 36.9 Å². The van der Waals surface area contributed by atoms with Crippen molar-refractivity contribution in [2.75, 3.05) is 6.54 Å². The van der Waals surface area contributed by atoms with Gasteiger partial charge < -0.3 is 11.1 Å². The maximum atomic E-state index is 12.0. The number of hydrogen-bond acceptors (Lipinski definition) is 2. The highest BCUT2D eigenvalue weighted by Gasteiger charge is 2.22. The number of benzene rings is 1. The summed E-state index contributed by atoms with van der Waals surface area (Å²) in [5.41, 5.74) is 8.99. The summed E-state index contributed by atoms with van der Waals surface area (Å²) in [6.07, 6.45) is 3.26. The van der Waals surface area contributed by atoms with Gasteiger partial charge in [0.1, 0.15) is 0 Å². The van der Waals surface area contributed by atoms with Crippen LogP contribution >= 0.6 is 0 Å². The van der Waals surface area contributed by atoms with Crippen molar-refractivity contribution in [2.24, 2.45) is 11.7 Å². The highest BCUT2D eigenvalue weighted by molar-refractivity contribution is 5.94. The zero-order chi connectivity index (χ0) is 13.1. The van der Waals surface area contributed by atoms with Crippen molar-refractivity contribution in [3.63, 3.8) is 0 Å². The summed E-state index contributed by atoms with van der Waals surface area (Å²) < 4.78 is 0. The minimum absolute atomic E-state index is 0.0265. The molecule has 1 aromatic carbocycles. The number of amides is 1. The van der Waals surface area contributed by atoms with Gasteiger partial charge in [-0.25, -0.2) is 0 Å². The van der Waals surface area contributed by atoms with Crippen molar-refractivity contribution in [3.8, 4) is 0 Å². The molecule has 1 fully saturated rings.